The molecule has 0 radical (unpaired) electrons. The summed E-state index contributed by atoms with van der Waals surface area (Å²) in [5, 5.41) is 13.1. The van der Waals surface area contributed by atoms with Crippen molar-refractivity contribution in [2.24, 2.45) is 0 Å². The third-order valence-electron chi connectivity index (χ3n) is 2.91. The van der Waals surface area contributed by atoms with Gasteiger partial charge in [0.25, 0.3) is 0 Å². The molecule has 0 aliphatic heterocycles. The van der Waals surface area contributed by atoms with E-state index in [0.29, 0.717) is 17.3 Å². The molecule has 0 heterocycles. The molecule has 2 N–H and O–H groups in total. The van der Waals surface area contributed by atoms with Crippen molar-refractivity contribution in [2.75, 3.05) is 10.6 Å². The third kappa shape index (κ3) is 4.10. The highest BCUT2D eigenvalue weighted by Gasteiger charge is 2.17. The number of carbonyl (C=O) groups is 2. The molecule has 0 atom stereocenters. The molecule has 0 spiro atoms. The lowest BCUT2D eigenvalue weighted by Crippen LogP contribution is -2.22. The quantitative estimate of drug-likeness (QED) is 0.667. The van der Waals surface area contributed by atoms with Gasteiger partial charge in [-0.1, -0.05) is 6.07 Å². The first-order chi connectivity index (χ1) is 11.4. The number of anilines is 2. The highest BCUT2D eigenvalue weighted by molar-refractivity contribution is 6.08. The fourth-order valence-corrected chi connectivity index (χ4v) is 1.83. The van der Waals surface area contributed by atoms with Crippen LogP contribution in [0.1, 0.15) is 12.0 Å². The predicted octanol–water partition coefficient (Wildman–Crippen LogP) is 2.94. The highest BCUT2D eigenvalue weighted by Crippen LogP contribution is 2.19. The number of nitrogens with zero attached hydrogens (tertiary/aromatic N) is 1. The normalized spacial score (nSPS) is 9.92. The van der Waals surface area contributed by atoms with Crippen LogP contribution in [-0.4, -0.2) is 11.8 Å². The third-order valence-corrected chi connectivity index (χ3v) is 2.91. The molecular formula is C16H10F3N3O2. The van der Waals surface area contributed by atoms with Crippen molar-refractivity contribution in [1.82, 2.24) is 0 Å². The second-order valence-corrected chi connectivity index (χ2v) is 4.69. The summed E-state index contributed by atoms with van der Waals surface area (Å²) in [5.41, 5.74) is 0.0603. The van der Waals surface area contributed by atoms with Crippen LogP contribution < -0.4 is 10.6 Å². The Morgan fingerprint density at radius 1 is 1.00 bits per heavy atom. The number of rotatable bonds is 4. The fraction of sp³-hybridized carbons (Fsp3) is 0.0625. The molecule has 0 fully saturated rings. The number of carbonyl (C=O) groups excluding carboxylic acids is 2. The lowest BCUT2D eigenvalue weighted by atomic mass is 10.2. The molecule has 0 aliphatic carbocycles. The van der Waals surface area contributed by atoms with Crippen molar-refractivity contribution in [3.8, 4) is 6.07 Å². The van der Waals surface area contributed by atoms with E-state index in [1.165, 1.54) is 18.2 Å². The van der Waals surface area contributed by atoms with Crippen LogP contribution in [0.5, 0.6) is 0 Å². The molecule has 0 bridgehead atoms. The molecule has 0 unspecified atom stereocenters. The predicted molar refractivity (Wildman–Crippen MR) is 79.3 cm³/mol. The summed E-state index contributed by atoms with van der Waals surface area (Å²) in [5.74, 6) is -6.28. The van der Waals surface area contributed by atoms with Crippen LogP contribution in [0.4, 0.5) is 24.5 Å². The van der Waals surface area contributed by atoms with E-state index >= 15 is 0 Å². The van der Waals surface area contributed by atoms with Crippen LogP contribution in [0.3, 0.4) is 0 Å². The van der Waals surface area contributed by atoms with Crippen LogP contribution in [0.2, 0.25) is 0 Å². The Bertz CT molecular complexity index is 847. The molecule has 2 aromatic rings. The van der Waals surface area contributed by atoms with Gasteiger partial charge >= 0.3 is 0 Å². The molecule has 0 aliphatic rings. The summed E-state index contributed by atoms with van der Waals surface area (Å²) < 4.78 is 39.3. The Kier molecular flexibility index (Phi) is 5.16. The second-order valence-electron chi connectivity index (χ2n) is 4.69. The van der Waals surface area contributed by atoms with Crippen LogP contribution in [0, 0.1) is 28.8 Å². The lowest BCUT2D eigenvalue weighted by Gasteiger charge is -2.08. The van der Waals surface area contributed by atoms with Crippen molar-refractivity contribution < 1.29 is 22.8 Å². The smallest absolute Gasteiger partial charge is 0.233 e. The molecule has 24 heavy (non-hydrogen) atoms. The summed E-state index contributed by atoms with van der Waals surface area (Å²) in [6.07, 6.45) is -0.671. The zero-order chi connectivity index (χ0) is 17.7. The summed E-state index contributed by atoms with van der Waals surface area (Å²) in [6, 6.07) is 9.40. The van der Waals surface area contributed by atoms with Gasteiger partial charge in [0, 0.05) is 5.69 Å². The lowest BCUT2D eigenvalue weighted by molar-refractivity contribution is -0.123. The number of hydrogen-bond donors (Lipinski definition) is 2. The minimum atomic E-state index is -1.72. The molecule has 2 amide bonds. The Hall–Kier alpha value is -3.34. The van der Waals surface area contributed by atoms with Crippen LogP contribution in [0.15, 0.2) is 36.4 Å². The van der Waals surface area contributed by atoms with E-state index in [4.69, 9.17) is 5.26 Å². The number of nitriles is 1. The second kappa shape index (κ2) is 7.28. The summed E-state index contributed by atoms with van der Waals surface area (Å²) in [6.45, 7) is 0. The van der Waals surface area contributed by atoms with E-state index in [1.807, 2.05) is 11.4 Å². The molecule has 8 heteroatoms. The van der Waals surface area contributed by atoms with Gasteiger partial charge in [-0.2, -0.15) is 5.26 Å². The van der Waals surface area contributed by atoms with Gasteiger partial charge in [0.15, 0.2) is 17.5 Å². The number of nitrogens with one attached hydrogen (secondary N) is 2. The first-order valence-corrected chi connectivity index (χ1v) is 6.64. The van der Waals surface area contributed by atoms with Crippen molar-refractivity contribution in [2.45, 2.75) is 6.42 Å². The average Bonchev–Trinajstić information content (AvgIpc) is 2.55. The van der Waals surface area contributed by atoms with Crippen molar-refractivity contribution >= 4 is 23.2 Å². The van der Waals surface area contributed by atoms with Gasteiger partial charge in [0.05, 0.1) is 17.3 Å². The standard InChI is InChI=1S/C16H10F3N3O2/c17-11-4-5-12(16(19)15(11)18)22-14(24)7-13(23)21-10-3-1-2-9(6-10)8-20/h1-6H,7H2,(H,21,23)(H,22,24). The molecular weight excluding hydrogens is 323 g/mol. The van der Waals surface area contributed by atoms with Crippen molar-refractivity contribution in [1.29, 1.82) is 5.26 Å². The number of halogens is 3. The Balaban J connectivity index is 1.98. The van der Waals surface area contributed by atoms with Crippen LogP contribution in [-0.2, 0) is 9.59 Å². The van der Waals surface area contributed by atoms with E-state index in [0.717, 1.165) is 6.07 Å². The zero-order valence-corrected chi connectivity index (χ0v) is 12.1. The summed E-state index contributed by atoms with van der Waals surface area (Å²) in [7, 11) is 0. The van der Waals surface area contributed by atoms with Gasteiger partial charge in [-0.3, -0.25) is 9.59 Å². The average molecular weight is 333 g/mol. The Labute approximate surface area is 134 Å². The van der Waals surface area contributed by atoms with E-state index in [9.17, 15) is 22.8 Å². The number of hydrogen-bond acceptors (Lipinski definition) is 3. The van der Waals surface area contributed by atoms with E-state index in [1.54, 1.807) is 6.07 Å². The largest absolute Gasteiger partial charge is 0.326 e. The fourth-order valence-electron chi connectivity index (χ4n) is 1.83. The van der Waals surface area contributed by atoms with Gasteiger partial charge in [-0.15, -0.1) is 0 Å². The van der Waals surface area contributed by atoms with Crippen LogP contribution >= 0.6 is 0 Å². The summed E-state index contributed by atoms with van der Waals surface area (Å²) in [4.78, 5) is 23.4. The molecule has 0 saturated heterocycles. The van der Waals surface area contributed by atoms with Gasteiger partial charge < -0.3 is 10.6 Å². The molecule has 5 nitrogen and oxygen atoms in total. The van der Waals surface area contributed by atoms with Gasteiger partial charge in [-0.05, 0) is 30.3 Å². The Morgan fingerprint density at radius 2 is 1.71 bits per heavy atom. The zero-order valence-electron chi connectivity index (χ0n) is 12.1. The van der Waals surface area contributed by atoms with E-state index < -0.39 is 41.4 Å². The molecule has 2 aromatic carbocycles. The van der Waals surface area contributed by atoms with Crippen LogP contribution in [0.25, 0.3) is 0 Å². The monoisotopic (exact) mass is 333 g/mol. The van der Waals surface area contributed by atoms with E-state index in [-0.39, 0.29) is 0 Å². The first kappa shape index (κ1) is 17.0. The minimum Gasteiger partial charge on any atom is -0.326 e. The van der Waals surface area contributed by atoms with Crippen molar-refractivity contribution in [3.05, 3.63) is 59.4 Å². The van der Waals surface area contributed by atoms with Gasteiger partial charge in [0.2, 0.25) is 11.8 Å². The van der Waals surface area contributed by atoms with Gasteiger partial charge in [-0.25, -0.2) is 13.2 Å². The topological polar surface area (TPSA) is 82.0 Å². The maximum Gasteiger partial charge on any atom is 0.233 e. The first-order valence-electron chi connectivity index (χ1n) is 6.64. The maximum atomic E-state index is 13.4. The Morgan fingerprint density at radius 3 is 2.42 bits per heavy atom. The SMILES string of the molecule is N#Cc1cccc(NC(=O)CC(=O)Nc2ccc(F)c(F)c2F)c1. The molecule has 2 rings (SSSR count). The maximum absolute atomic E-state index is 13.4. The van der Waals surface area contributed by atoms with Crippen molar-refractivity contribution in [3.63, 3.8) is 0 Å². The number of amides is 2. The number of benzene rings is 2. The molecule has 122 valence electrons. The highest BCUT2D eigenvalue weighted by atomic mass is 19.2. The molecule has 0 saturated carbocycles. The molecule has 0 aromatic heterocycles. The minimum absolute atomic E-state index is 0.311. The van der Waals surface area contributed by atoms with E-state index in [2.05, 4.69) is 5.32 Å². The van der Waals surface area contributed by atoms with Gasteiger partial charge in [0.1, 0.15) is 6.42 Å². The summed E-state index contributed by atoms with van der Waals surface area (Å²) >= 11 is 0.